The minimum Gasteiger partial charge on any atom is -0.390 e. The molecule has 1 N–H and O–H groups in total. The predicted octanol–water partition coefficient (Wildman–Crippen LogP) is 3.55. The Labute approximate surface area is 157 Å². The third-order valence-electron chi connectivity index (χ3n) is 5.64. The summed E-state index contributed by atoms with van der Waals surface area (Å²) >= 11 is 0. The second kappa shape index (κ2) is 7.70. The lowest BCUT2D eigenvalue weighted by Gasteiger charge is -2.29. The van der Waals surface area contributed by atoms with E-state index in [1.807, 2.05) is 0 Å². The minimum absolute atomic E-state index is 0.252. The largest absolute Gasteiger partial charge is 0.390 e. The van der Waals surface area contributed by atoms with E-state index in [9.17, 15) is 14.3 Å². The molecule has 0 amide bonds. The molecule has 1 aliphatic heterocycles. The quantitative estimate of drug-likeness (QED) is 0.839. The third-order valence-corrected chi connectivity index (χ3v) is 5.64. The van der Waals surface area contributed by atoms with E-state index < -0.39 is 5.82 Å². The summed E-state index contributed by atoms with van der Waals surface area (Å²) in [5.41, 5.74) is 1.52. The molecule has 1 saturated heterocycles. The standard InChI is InChI=1S/C21H26FNO4/c1-23-15(12-24)11-18(25)16-9-14(22)10-17(21(16)23)19(8-13-5-6-13)27-20-4-2-3-7-26-20/h9-11,13,19-20,24H,2-8,12H2,1H3. The van der Waals surface area contributed by atoms with Crippen molar-refractivity contribution in [3.63, 3.8) is 0 Å². The van der Waals surface area contributed by atoms with Gasteiger partial charge in [-0.05, 0) is 43.7 Å². The van der Waals surface area contributed by atoms with E-state index in [-0.39, 0.29) is 24.4 Å². The molecule has 146 valence electrons. The SMILES string of the molecule is Cn1c(CO)cc(=O)c2cc(F)cc(C(CC3CC3)OC3CCCCO3)c21. The number of nitrogens with zero attached hydrogens (tertiary/aromatic N) is 1. The van der Waals surface area contributed by atoms with Crippen molar-refractivity contribution in [1.29, 1.82) is 0 Å². The number of aliphatic hydroxyl groups excluding tert-OH is 1. The second-order valence-corrected chi connectivity index (χ2v) is 7.71. The molecule has 0 bridgehead atoms. The maximum atomic E-state index is 14.4. The molecule has 4 rings (SSSR count). The first-order chi connectivity index (χ1) is 13.1. The topological polar surface area (TPSA) is 60.7 Å². The van der Waals surface area contributed by atoms with E-state index in [0.29, 0.717) is 34.7 Å². The summed E-state index contributed by atoms with van der Waals surface area (Å²) in [7, 11) is 1.79. The summed E-state index contributed by atoms with van der Waals surface area (Å²) in [6, 6.07) is 4.11. The number of hydrogen-bond acceptors (Lipinski definition) is 4. The van der Waals surface area contributed by atoms with Crippen molar-refractivity contribution in [3.05, 3.63) is 45.5 Å². The van der Waals surface area contributed by atoms with Gasteiger partial charge >= 0.3 is 0 Å². The Morgan fingerprint density at radius 3 is 2.78 bits per heavy atom. The monoisotopic (exact) mass is 375 g/mol. The summed E-state index contributed by atoms with van der Waals surface area (Å²) in [5.74, 6) is 0.121. The fourth-order valence-corrected chi connectivity index (χ4v) is 3.96. The van der Waals surface area contributed by atoms with Gasteiger partial charge in [-0.3, -0.25) is 4.79 Å². The Hall–Kier alpha value is -1.76. The molecule has 2 aliphatic rings. The van der Waals surface area contributed by atoms with Crippen LogP contribution in [0.2, 0.25) is 0 Å². The highest BCUT2D eigenvalue weighted by molar-refractivity contribution is 5.83. The maximum Gasteiger partial charge on any atom is 0.189 e. The van der Waals surface area contributed by atoms with Crippen LogP contribution in [0.1, 0.15) is 55.9 Å². The van der Waals surface area contributed by atoms with Gasteiger partial charge in [0, 0.05) is 36.4 Å². The first kappa shape index (κ1) is 18.6. The summed E-state index contributed by atoms with van der Waals surface area (Å²) in [5, 5.41) is 9.94. The maximum absolute atomic E-state index is 14.4. The molecular formula is C21H26FNO4. The van der Waals surface area contributed by atoms with Crippen LogP contribution in [0.4, 0.5) is 4.39 Å². The van der Waals surface area contributed by atoms with Crippen LogP contribution in [0.3, 0.4) is 0 Å². The highest BCUT2D eigenvalue weighted by atomic mass is 19.1. The lowest BCUT2D eigenvalue weighted by molar-refractivity contribution is -0.191. The normalized spacial score (nSPS) is 21.5. The number of pyridine rings is 1. The molecule has 6 heteroatoms. The number of aliphatic hydroxyl groups is 1. The molecule has 1 aromatic carbocycles. The van der Waals surface area contributed by atoms with E-state index in [4.69, 9.17) is 9.47 Å². The Bertz CT molecular complexity index is 884. The molecule has 0 spiro atoms. The van der Waals surface area contributed by atoms with Gasteiger partial charge < -0.3 is 19.1 Å². The number of benzene rings is 1. The molecule has 1 aromatic heterocycles. The van der Waals surface area contributed by atoms with Gasteiger partial charge in [0.2, 0.25) is 0 Å². The molecule has 2 atom stereocenters. The van der Waals surface area contributed by atoms with Crippen LogP contribution in [0.25, 0.3) is 10.9 Å². The number of hydrogen-bond donors (Lipinski definition) is 1. The molecule has 2 fully saturated rings. The highest BCUT2D eigenvalue weighted by Crippen LogP contribution is 2.42. The van der Waals surface area contributed by atoms with Crippen molar-refractivity contribution in [1.82, 2.24) is 4.57 Å². The van der Waals surface area contributed by atoms with Gasteiger partial charge in [0.05, 0.1) is 18.2 Å². The third kappa shape index (κ3) is 3.93. The van der Waals surface area contributed by atoms with E-state index in [1.54, 1.807) is 11.6 Å². The van der Waals surface area contributed by atoms with Crippen LogP contribution in [0, 0.1) is 11.7 Å². The zero-order valence-electron chi connectivity index (χ0n) is 15.6. The van der Waals surface area contributed by atoms with Crippen LogP contribution in [-0.4, -0.2) is 22.6 Å². The van der Waals surface area contributed by atoms with E-state index in [1.165, 1.54) is 18.2 Å². The van der Waals surface area contributed by atoms with Gasteiger partial charge in [-0.1, -0.05) is 12.8 Å². The number of aryl methyl sites for hydroxylation is 1. The van der Waals surface area contributed by atoms with Crippen LogP contribution >= 0.6 is 0 Å². The first-order valence-electron chi connectivity index (χ1n) is 9.77. The van der Waals surface area contributed by atoms with Crippen LogP contribution in [0.15, 0.2) is 23.0 Å². The van der Waals surface area contributed by atoms with Crippen molar-refractivity contribution in [2.75, 3.05) is 6.61 Å². The van der Waals surface area contributed by atoms with Gasteiger partial charge in [0.25, 0.3) is 0 Å². The molecule has 1 aliphatic carbocycles. The number of rotatable bonds is 6. The summed E-state index contributed by atoms with van der Waals surface area (Å²) in [4.78, 5) is 12.5. The fraction of sp³-hybridized carbons (Fsp3) is 0.571. The Morgan fingerprint density at radius 2 is 2.11 bits per heavy atom. The average Bonchev–Trinajstić information content (AvgIpc) is 3.48. The summed E-state index contributed by atoms with van der Waals surface area (Å²) in [6.45, 7) is 0.427. The molecule has 1 saturated carbocycles. The smallest absolute Gasteiger partial charge is 0.189 e. The van der Waals surface area contributed by atoms with Crippen molar-refractivity contribution < 1.29 is 19.0 Å². The lowest BCUT2D eigenvalue weighted by atomic mass is 9.99. The number of ether oxygens (including phenoxy) is 2. The van der Waals surface area contributed by atoms with E-state index in [2.05, 4.69) is 0 Å². The number of halogens is 1. The van der Waals surface area contributed by atoms with Crippen LogP contribution < -0.4 is 5.43 Å². The molecular weight excluding hydrogens is 349 g/mol. The van der Waals surface area contributed by atoms with Crippen LogP contribution in [0.5, 0.6) is 0 Å². The number of fused-ring (bicyclic) bond motifs is 1. The van der Waals surface area contributed by atoms with Crippen molar-refractivity contribution in [2.24, 2.45) is 13.0 Å². The Kier molecular flexibility index (Phi) is 5.30. The fourth-order valence-electron chi connectivity index (χ4n) is 3.96. The Morgan fingerprint density at radius 1 is 1.30 bits per heavy atom. The van der Waals surface area contributed by atoms with Gasteiger partial charge in [-0.25, -0.2) is 4.39 Å². The van der Waals surface area contributed by atoms with Gasteiger partial charge in [-0.2, -0.15) is 0 Å². The lowest BCUT2D eigenvalue weighted by Crippen LogP contribution is -2.25. The highest BCUT2D eigenvalue weighted by Gasteiger charge is 2.31. The average molecular weight is 375 g/mol. The molecule has 0 radical (unpaired) electrons. The van der Waals surface area contributed by atoms with Crippen molar-refractivity contribution >= 4 is 10.9 Å². The molecule has 2 aromatic rings. The molecule has 2 unspecified atom stereocenters. The van der Waals surface area contributed by atoms with E-state index >= 15 is 0 Å². The molecule has 27 heavy (non-hydrogen) atoms. The van der Waals surface area contributed by atoms with Gasteiger partial charge in [0.15, 0.2) is 11.7 Å². The van der Waals surface area contributed by atoms with E-state index in [0.717, 1.165) is 38.5 Å². The van der Waals surface area contributed by atoms with Gasteiger partial charge in [-0.15, -0.1) is 0 Å². The van der Waals surface area contributed by atoms with Crippen molar-refractivity contribution in [3.8, 4) is 0 Å². The summed E-state index contributed by atoms with van der Waals surface area (Å²) in [6.07, 6.45) is 5.38. The molecule has 5 nitrogen and oxygen atoms in total. The predicted molar refractivity (Wildman–Crippen MR) is 99.8 cm³/mol. The number of aromatic nitrogens is 1. The van der Waals surface area contributed by atoms with Gasteiger partial charge in [0.1, 0.15) is 5.82 Å². The summed E-state index contributed by atoms with van der Waals surface area (Å²) < 4.78 is 28.2. The Balaban J connectivity index is 1.82. The zero-order valence-corrected chi connectivity index (χ0v) is 15.6. The minimum atomic E-state index is -0.444. The second-order valence-electron chi connectivity index (χ2n) is 7.71. The zero-order chi connectivity index (χ0) is 19.0. The van der Waals surface area contributed by atoms with Crippen molar-refractivity contribution in [2.45, 2.75) is 57.5 Å². The first-order valence-corrected chi connectivity index (χ1v) is 9.77. The van der Waals surface area contributed by atoms with Crippen LogP contribution in [-0.2, 0) is 23.1 Å². The molecule has 2 heterocycles.